The molecule has 0 unspecified atom stereocenters. The SMILES string of the molecule is CC(C)(C)n1c(-c2ccc(Br)c(Cl)c2)nnc1S(N)(=O)=O. The van der Waals surface area contributed by atoms with Gasteiger partial charge in [0.2, 0.25) is 0 Å². The van der Waals surface area contributed by atoms with Gasteiger partial charge in [0.15, 0.2) is 5.82 Å². The third-order valence-electron chi connectivity index (χ3n) is 2.74. The first-order chi connectivity index (χ1) is 9.51. The average Bonchev–Trinajstić information content (AvgIpc) is 2.76. The summed E-state index contributed by atoms with van der Waals surface area (Å²) in [6, 6.07) is 5.22. The van der Waals surface area contributed by atoms with Crippen LogP contribution in [0, 0.1) is 0 Å². The molecular formula is C12H14BrClN4O2S. The molecule has 0 spiro atoms. The van der Waals surface area contributed by atoms with Crippen molar-refractivity contribution < 1.29 is 8.42 Å². The summed E-state index contributed by atoms with van der Waals surface area (Å²) in [5.41, 5.74) is 0.0840. The summed E-state index contributed by atoms with van der Waals surface area (Å²) in [6.45, 7) is 5.53. The fourth-order valence-electron chi connectivity index (χ4n) is 1.88. The molecule has 6 nitrogen and oxygen atoms in total. The van der Waals surface area contributed by atoms with Crippen LogP contribution in [0.3, 0.4) is 0 Å². The molecule has 114 valence electrons. The van der Waals surface area contributed by atoms with Crippen molar-refractivity contribution in [1.29, 1.82) is 0 Å². The highest BCUT2D eigenvalue weighted by molar-refractivity contribution is 9.10. The van der Waals surface area contributed by atoms with E-state index < -0.39 is 15.6 Å². The van der Waals surface area contributed by atoms with Crippen LogP contribution < -0.4 is 5.14 Å². The second-order valence-electron chi connectivity index (χ2n) is 5.49. The predicted molar refractivity (Wildman–Crippen MR) is 84.5 cm³/mol. The molecule has 9 heteroatoms. The van der Waals surface area contributed by atoms with Crippen LogP contribution in [-0.2, 0) is 15.6 Å². The summed E-state index contributed by atoms with van der Waals surface area (Å²) in [7, 11) is -3.97. The molecule has 2 aromatic rings. The fourth-order valence-corrected chi connectivity index (χ4v) is 3.08. The number of nitrogens with two attached hydrogens (primary N) is 1. The molecule has 0 saturated carbocycles. The highest BCUT2D eigenvalue weighted by Crippen LogP contribution is 2.31. The molecule has 0 saturated heterocycles. The van der Waals surface area contributed by atoms with Crippen molar-refractivity contribution >= 4 is 37.6 Å². The maximum atomic E-state index is 11.7. The molecule has 0 aliphatic carbocycles. The van der Waals surface area contributed by atoms with Crippen molar-refractivity contribution in [3.05, 3.63) is 27.7 Å². The van der Waals surface area contributed by atoms with Gasteiger partial charge < -0.3 is 0 Å². The van der Waals surface area contributed by atoms with Crippen LogP contribution in [0.2, 0.25) is 5.02 Å². The number of halogens is 2. The molecular weight excluding hydrogens is 380 g/mol. The van der Waals surface area contributed by atoms with Gasteiger partial charge in [0.25, 0.3) is 15.2 Å². The minimum absolute atomic E-state index is 0.274. The summed E-state index contributed by atoms with van der Waals surface area (Å²) < 4.78 is 25.6. The summed E-state index contributed by atoms with van der Waals surface area (Å²) >= 11 is 9.39. The molecule has 0 aliphatic heterocycles. The fraction of sp³-hybridized carbons (Fsp3) is 0.333. The molecule has 21 heavy (non-hydrogen) atoms. The first kappa shape index (κ1) is 16.4. The quantitative estimate of drug-likeness (QED) is 0.849. The average molecular weight is 394 g/mol. The minimum Gasteiger partial charge on any atom is -0.291 e. The number of rotatable bonds is 2. The summed E-state index contributed by atoms with van der Waals surface area (Å²) in [6.07, 6.45) is 0. The third-order valence-corrected chi connectivity index (χ3v) is 4.74. The van der Waals surface area contributed by atoms with Crippen LogP contribution in [0.15, 0.2) is 27.8 Å². The lowest BCUT2D eigenvalue weighted by atomic mass is 10.1. The van der Waals surface area contributed by atoms with Crippen molar-refractivity contribution in [3.8, 4) is 11.4 Å². The van der Waals surface area contributed by atoms with E-state index in [4.69, 9.17) is 16.7 Å². The molecule has 0 fully saturated rings. The van der Waals surface area contributed by atoms with Gasteiger partial charge in [-0.05, 0) is 54.9 Å². The first-order valence-corrected chi connectivity index (χ1v) is 8.67. The maximum Gasteiger partial charge on any atom is 0.273 e. The summed E-state index contributed by atoms with van der Waals surface area (Å²) in [5.74, 6) is 0.390. The molecule has 2 N–H and O–H groups in total. The van der Waals surface area contributed by atoms with E-state index in [0.29, 0.717) is 16.4 Å². The first-order valence-electron chi connectivity index (χ1n) is 5.96. The molecule has 0 radical (unpaired) electrons. The van der Waals surface area contributed by atoms with Gasteiger partial charge in [-0.3, -0.25) is 4.57 Å². The largest absolute Gasteiger partial charge is 0.291 e. The molecule has 1 aromatic carbocycles. The van der Waals surface area contributed by atoms with Crippen LogP contribution >= 0.6 is 27.5 Å². The Morgan fingerprint density at radius 3 is 2.38 bits per heavy atom. The van der Waals surface area contributed by atoms with E-state index in [9.17, 15) is 8.42 Å². The Kier molecular flexibility index (Phi) is 4.18. The maximum absolute atomic E-state index is 11.7. The number of hydrogen-bond acceptors (Lipinski definition) is 4. The van der Waals surface area contributed by atoms with E-state index in [2.05, 4.69) is 26.1 Å². The van der Waals surface area contributed by atoms with Crippen molar-refractivity contribution in [1.82, 2.24) is 14.8 Å². The minimum atomic E-state index is -3.97. The van der Waals surface area contributed by atoms with Crippen molar-refractivity contribution in [3.63, 3.8) is 0 Å². The topological polar surface area (TPSA) is 90.9 Å². The molecule has 0 aliphatic rings. The standard InChI is InChI=1S/C12H14BrClN4O2S/c1-12(2,3)18-10(16-17-11(18)21(15,19)20)7-4-5-8(13)9(14)6-7/h4-6H,1-3H3,(H2,15,19,20). The normalized spacial score (nSPS) is 12.7. The Balaban J connectivity index is 2.76. The molecule has 0 amide bonds. The smallest absolute Gasteiger partial charge is 0.273 e. The molecule has 0 atom stereocenters. The lowest BCUT2D eigenvalue weighted by Gasteiger charge is -2.24. The van der Waals surface area contributed by atoms with Crippen LogP contribution in [0.1, 0.15) is 20.8 Å². The Bertz CT molecular complexity index is 796. The summed E-state index contributed by atoms with van der Waals surface area (Å²) in [4.78, 5) is 0. The van der Waals surface area contributed by atoms with E-state index in [0.717, 1.165) is 4.47 Å². The Hall–Kier alpha value is -0.960. The second kappa shape index (κ2) is 5.35. The van der Waals surface area contributed by atoms with E-state index in [1.54, 1.807) is 18.2 Å². The highest BCUT2D eigenvalue weighted by atomic mass is 79.9. The van der Waals surface area contributed by atoms with Gasteiger partial charge in [-0.2, -0.15) is 0 Å². The third kappa shape index (κ3) is 3.28. The lowest BCUT2D eigenvalue weighted by Crippen LogP contribution is -2.29. The van der Waals surface area contributed by atoms with Crippen LogP contribution in [0.4, 0.5) is 0 Å². The Labute approximate surface area is 136 Å². The molecule has 1 aromatic heterocycles. The highest BCUT2D eigenvalue weighted by Gasteiger charge is 2.29. The Morgan fingerprint density at radius 2 is 1.90 bits per heavy atom. The molecule has 0 bridgehead atoms. The number of sulfonamides is 1. The lowest BCUT2D eigenvalue weighted by molar-refractivity contribution is 0.366. The number of aromatic nitrogens is 3. The monoisotopic (exact) mass is 392 g/mol. The van der Waals surface area contributed by atoms with Gasteiger partial charge in [0, 0.05) is 15.6 Å². The second-order valence-corrected chi connectivity index (χ2v) is 8.20. The zero-order valence-electron chi connectivity index (χ0n) is 11.6. The number of benzene rings is 1. The van der Waals surface area contributed by atoms with E-state index >= 15 is 0 Å². The Morgan fingerprint density at radius 1 is 1.29 bits per heavy atom. The number of nitrogens with zero attached hydrogens (tertiary/aromatic N) is 3. The van der Waals surface area contributed by atoms with Crippen LogP contribution in [-0.4, -0.2) is 23.2 Å². The molecule has 2 rings (SSSR count). The van der Waals surface area contributed by atoms with Gasteiger partial charge in [0.1, 0.15) is 0 Å². The van der Waals surface area contributed by atoms with Crippen LogP contribution in [0.25, 0.3) is 11.4 Å². The van der Waals surface area contributed by atoms with Gasteiger partial charge >= 0.3 is 0 Å². The zero-order valence-corrected chi connectivity index (χ0v) is 14.8. The van der Waals surface area contributed by atoms with E-state index in [-0.39, 0.29) is 5.16 Å². The number of primary sulfonamides is 1. The molecule has 1 heterocycles. The number of hydrogen-bond donors (Lipinski definition) is 1. The summed E-state index contributed by atoms with van der Waals surface area (Å²) in [5, 5.41) is 13.1. The van der Waals surface area contributed by atoms with E-state index in [1.165, 1.54) is 4.57 Å². The van der Waals surface area contributed by atoms with Crippen molar-refractivity contribution in [2.45, 2.75) is 31.5 Å². The van der Waals surface area contributed by atoms with Gasteiger partial charge in [0.05, 0.1) is 5.02 Å². The van der Waals surface area contributed by atoms with Crippen molar-refractivity contribution in [2.75, 3.05) is 0 Å². The van der Waals surface area contributed by atoms with Gasteiger partial charge in [-0.1, -0.05) is 11.6 Å². The van der Waals surface area contributed by atoms with Gasteiger partial charge in [-0.25, -0.2) is 13.6 Å². The zero-order chi connectivity index (χ0) is 16.0. The van der Waals surface area contributed by atoms with Gasteiger partial charge in [-0.15, -0.1) is 10.2 Å². The van der Waals surface area contributed by atoms with Crippen molar-refractivity contribution in [2.24, 2.45) is 5.14 Å². The van der Waals surface area contributed by atoms with E-state index in [1.807, 2.05) is 20.8 Å². The van der Waals surface area contributed by atoms with Crippen LogP contribution in [0.5, 0.6) is 0 Å². The predicted octanol–water partition coefficient (Wildman–Crippen LogP) is 2.76.